The van der Waals surface area contributed by atoms with Crippen molar-refractivity contribution in [3.8, 4) is 5.75 Å². The molecule has 0 aromatic heterocycles. The number of sulfonamides is 1. The predicted molar refractivity (Wildman–Crippen MR) is 99.8 cm³/mol. The normalized spacial score (nSPS) is 21.5. The van der Waals surface area contributed by atoms with E-state index >= 15 is 0 Å². The largest absolute Gasteiger partial charge is 0.492 e. The molecule has 144 valence electrons. The Morgan fingerprint density at radius 2 is 2.08 bits per heavy atom. The fourth-order valence-electron chi connectivity index (χ4n) is 3.43. The molecule has 2 aliphatic heterocycles. The van der Waals surface area contributed by atoms with Crippen LogP contribution < -0.4 is 15.4 Å². The summed E-state index contributed by atoms with van der Waals surface area (Å²) in [6, 6.07) is 4.85. The molecule has 1 atom stereocenters. The lowest BCUT2D eigenvalue weighted by Gasteiger charge is -2.27. The van der Waals surface area contributed by atoms with Crippen molar-refractivity contribution in [3.05, 3.63) is 18.2 Å². The molecule has 2 heterocycles. The van der Waals surface area contributed by atoms with Gasteiger partial charge in [-0.3, -0.25) is 4.79 Å². The smallest absolute Gasteiger partial charge is 0.246 e. The van der Waals surface area contributed by atoms with Crippen LogP contribution in [0.2, 0.25) is 0 Å². The van der Waals surface area contributed by atoms with E-state index in [1.54, 1.807) is 12.1 Å². The van der Waals surface area contributed by atoms with Gasteiger partial charge in [0.05, 0.1) is 12.5 Å². The van der Waals surface area contributed by atoms with Gasteiger partial charge in [0.1, 0.15) is 10.6 Å². The van der Waals surface area contributed by atoms with E-state index in [0.717, 1.165) is 32.2 Å². The molecule has 0 saturated carbocycles. The van der Waals surface area contributed by atoms with Crippen molar-refractivity contribution in [1.29, 1.82) is 0 Å². The molecule has 7 nitrogen and oxygen atoms in total. The van der Waals surface area contributed by atoms with E-state index in [2.05, 4.69) is 10.6 Å². The summed E-state index contributed by atoms with van der Waals surface area (Å²) in [6.07, 6.45) is 3.58. The Hall–Kier alpha value is -1.64. The topological polar surface area (TPSA) is 87.7 Å². The van der Waals surface area contributed by atoms with E-state index < -0.39 is 10.0 Å². The lowest BCUT2D eigenvalue weighted by Crippen LogP contribution is -2.35. The Balaban J connectivity index is 1.87. The van der Waals surface area contributed by atoms with Crippen LogP contribution in [0.25, 0.3) is 0 Å². The van der Waals surface area contributed by atoms with E-state index in [0.29, 0.717) is 37.7 Å². The molecule has 2 saturated heterocycles. The second-order valence-corrected chi connectivity index (χ2v) is 8.64. The molecule has 1 amide bonds. The zero-order valence-electron chi connectivity index (χ0n) is 15.2. The summed E-state index contributed by atoms with van der Waals surface area (Å²) in [5.74, 6) is 0.169. The number of amides is 1. The minimum absolute atomic E-state index is 0.0799. The average molecular weight is 381 g/mol. The number of nitrogens with one attached hydrogen (secondary N) is 2. The van der Waals surface area contributed by atoms with Crippen molar-refractivity contribution in [3.63, 3.8) is 0 Å². The first-order valence-corrected chi connectivity index (χ1v) is 10.7. The monoisotopic (exact) mass is 381 g/mol. The molecule has 2 aliphatic rings. The molecule has 1 aromatic rings. The Kier molecular flexibility index (Phi) is 6.16. The fraction of sp³-hybridized carbons (Fsp3) is 0.611. The summed E-state index contributed by atoms with van der Waals surface area (Å²) in [5.41, 5.74) is 0.487. The molecule has 0 spiro atoms. The second-order valence-electron chi connectivity index (χ2n) is 6.74. The van der Waals surface area contributed by atoms with Gasteiger partial charge in [0.25, 0.3) is 0 Å². The van der Waals surface area contributed by atoms with Crippen molar-refractivity contribution in [1.82, 2.24) is 9.62 Å². The zero-order valence-corrected chi connectivity index (χ0v) is 16.0. The second kappa shape index (κ2) is 8.37. The molecule has 26 heavy (non-hydrogen) atoms. The number of hydrogen-bond donors (Lipinski definition) is 2. The molecule has 0 aliphatic carbocycles. The van der Waals surface area contributed by atoms with Crippen molar-refractivity contribution >= 4 is 21.6 Å². The van der Waals surface area contributed by atoms with Crippen LogP contribution in [-0.2, 0) is 14.8 Å². The zero-order chi connectivity index (χ0) is 18.6. The number of anilines is 1. The van der Waals surface area contributed by atoms with Crippen LogP contribution in [0, 0.1) is 5.92 Å². The Morgan fingerprint density at radius 1 is 1.31 bits per heavy atom. The van der Waals surface area contributed by atoms with Gasteiger partial charge in [0.2, 0.25) is 15.9 Å². The Morgan fingerprint density at radius 3 is 2.73 bits per heavy atom. The van der Waals surface area contributed by atoms with Gasteiger partial charge in [-0.05, 0) is 50.9 Å². The van der Waals surface area contributed by atoms with Crippen LogP contribution >= 0.6 is 0 Å². The third-order valence-electron chi connectivity index (χ3n) is 4.88. The summed E-state index contributed by atoms with van der Waals surface area (Å²) in [6.45, 7) is 4.73. The van der Waals surface area contributed by atoms with Crippen LogP contribution in [0.1, 0.15) is 32.6 Å². The van der Waals surface area contributed by atoms with Crippen molar-refractivity contribution in [2.24, 2.45) is 5.92 Å². The summed E-state index contributed by atoms with van der Waals surface area (Å²) >= 11 is 0. The third kappa shape index (κ3) is 4.19. The number of ether oxygens (including phenoxy) is 1. The molecule has 0 radical (unpaired) electrons. The van der Waals surface area contributed by atoms with E-state index in [4.69, 9.17) is 4.74 Å². The number of carbonyl (C=O) groups is 1. The summed E-state index contributed by atoms with van der Waals surface area (Å²) in [4.78, 5) is 12.5. The van der Waals surface area contributed by atoms with Crippen LogP contribution in [0.15, 0.2) is 23.1 Å². The summed E-state index contributed by atoms with van der Waals surface area (Å²) in [5, 5.41) is 6.01. The van der Waals surface area contributed by atoms with Crippen LogP contribution in [0.4, 0.5) is 5.69 Å². The van der Waals surface area contributed by atoms with Crippen LogP contribution in [-0.4, -0.2) is 51.4 Å². The summed E-state index contributed by atoms with van der Waals surface area (Å²) < 4.78 is 33.3. The first-order chi connectivity index (χ1) is 12.5. The molecule has 8 heteroatoms. The highest BCUT2D eigenvalue weighted by molar-refractivity contribution is 7.89. The highest BCUT2D eigenvalue weighted by atomic mass is 32.2. The molecule has 1 unspecified atom stereocenters. The molecular weight excluding hydrogens is 354 g/mol. The maximum Gasteiger partial charge on any atom is 0.246 e. The maximum absolute atomic E-state index is 13.1. The van der Waals surface area contributed by atoms with E-state index in [1.807, 2.05) is 6.92 Å². The number of benzene rings is 1. The van der Waals surface area contributed by atoms with Gasteiger partial charge >= 0.3 is 0 Å². The van der Waals surface area contributed by atoms with Crippen LogP contribution in [0.3, 0.4) is 0 Å². The maximum atomic E-state index is 13.1. The van der Waals surface area contributed by atoms with Crippen molar-refractivity contribution in [2.75, 3.05) is 38.1 Å². The lowest BCUT2D eigenvalue weighted by molar-refractivity contribution is -0.119. The van der Waals surface area contributed by atoms with Gasteiger partial charge in [0.15, 0.2) is 0 Å². The summed E-state index contributed by atoms with van der Waals surface area (Å²) in [7, 11) is -3.65. The Bertz CT molecular complexity index is 739. The average Bonchev–Trinajstić information content (AvgIpc) is 3.19. The minimum Gasteiger partial charge on any atom is -0.492 e. The van der Waals surface area contributed by atoms with Gasteiger partial charge < -0.3 is 15.4 Å². The highest BCUT2D eigenvalue weighted by Gasteiger charge is 2.30. The van der Waals surface area contributed by atoms with Crippen molar-refractivity contribution in [2.45, 2.75) is 37.5 Å². The standard InChI is InChI=1S/C18H27N3O4S/c1-2-25-16-7-6-15(20-18(22)14-8-9-19-13-14)12-17(16)26(23,24)21-10-4-3-5-11-21/h6-7,12,14,19H,2-5,8-11,13H2,1H3,(H,20,22). The van der Waals surface area contributed by atoms with E-state index in [-0.39, 0.29) is 16.7 Å². The number of carbonyl (C=O) groups excluding carboxylic acids is 1. The molecule has 1 aromatic carbocycles. The minimum atomic E-state index is -3.65. The van der Waals surface area contributed by atoms with Gasteiger partial charge in [-0.15, -0.1) is 0 Å². The molecule has 3 rings (SSSR count). The lowest BCUT2D eigenvalue weighted by atomic mass is 10.1. The fourth-order valence-corrected chi connectivity index (χ4v) is 5.10. The Labute approximate surface area is 155 Å². The quantitative estimate of drug-likeness (QED) is 0.785. The van der Waals surface area contributed by atoms with Gasteiger partial charge in [0, 0.05) is 25.3 Å². The van der Waals surface area contributed by atoms with E-state index in [1.165, 1.54) is 10.4 Å². The molecule has 2 N–H and O–H groups in total. The number of nitrogens with zero attached hydrogens (tertiary/aromatic N) is 1. The number of hydrogen-bond acceptors (Lipinski definition) is 5. The third-order valence-corrected chi connectivity index (χ3v) is 6.79. The molecule has 0 bridgehead atoms. The number of piperidine rings is 1. The van der Waals surface area contributed by atoms with E-state index in [9.17, 15) is 13.2 Å². The predicted octanol–water partition coefficient (Wildman–Crippen LogP) is 1.81. The molecular formula is C18H27N3O4S. The van der Waals surface area contributed by atoms with Crippen molar-refractivity contribution < 1.29 is 17.9 Å². The number of rotatable bonds is 6. The van der Waals surface area contributed by atoms with Gasteiger partial charge in [-0.1, -0.05) is 6.42 Å². The van der Waals surface area contributed by atoms with Crippen LogP contribution in [0.5, 0.6) is 5.75 Å². The first kappa shape index (κ1) is 19.1. The SMILES string of the molecule is CCOc1ccc(NC(=O)C2CCNC2)cc1S(=O)(=O)N1CCCCC1. The highest BCUT2D eigenvalue weighted by Crippen LogP contribution is 2.31. The van der Waals surface area contributed by atoms with Gasteiger partial charge in [-0.2, -0.15) is 4.31 Å². The first-order valence-electron chi connectivity index (χ1n) is 9.31. The molecule has 2 fully saturated rings. The van der Waals surface area contributed by atoms with Gasteiger partial charge in [-0.25, -0.2) is 8.42 Å².